The molecule has 118 valence electrons. The second kappa shape index (κ2) is 6.29. The van der Waals surface area contributed by atoms with Crippen molar-refractivity contribution in [1.29, 1.82) is 0 Å². The van der Waals surface area contributed by atoms with Gasteiger partial charge in [-0.2, -0.15) is 4.68 Å². The predicted octanol–water partition coefficient (Wildman–Crippen LogP) is 4.05. The third-order valence-corrected chi connectivity index (χ3v) is 3.96. The van der Waals surface area contributed by atoms with E-state index in [-0.39, 0.29) is 6.61 Å². The van der Waals surface area contributed by atoms with E-state index in [1.54, 1.807) is 16.8 Å². The maximum atomic E-state index is 5.96. The van der Waals surface area contributed by atoms with Crippen LogP contribution in [0.4, 0.5) is 0 Å². The van der Waals surface area contributed by atoms with Gasteiger partial charge in [0.2, 0.25) is 0 Å². The van der Waals surface area contributed by atoms with Crippen molar-refractivity contribution in [1.82, 2.24) is 20.2 Å². The summed E-state index contributed by atoms with van der Waals surface area (Å²) < 4.78 is 7.60. The van der Waals surface area contributed by atoms with Gasteiger partial charge in [0.25, 0.3) is 0 Å². The number of aromatic nitrogens is 4. The molecule has 0 radical (unpaired) electrons. The van der Waals surface area contributed by atoms with Gasteiger partial charge in [0.1, 0.15) is 12.4 Å². The first-order valence-electron chi connectivity index (χ1n) is 7.45. The first kappa shape index (κ1) is 14.7. The lowest BCUT2D eigenvalue weighted by Gasteiger charge is -2.09. The molecule has 4 rings (SSSR count). The molecule has 3 aromatic carbocycles. The molecule has 1 aromatic heterocycles. The highest BCUT2D eigenvalue weighted by Gasteiger charge is 2.10. The Kier molecular flexibility index (Phi) is 3.84. The fourth-order valence-electron chi connectivity index (χ4n) is 2.54. The lowest BCUT2D eigenvalue weighted by atomic mass is 10.1. The van der Waals surface area contributed by atoms with E-state index in [9.17, 15) is 0 Å². The lowest BCUT2D eigenvalue weighted by molar-refractivity contribution is 0.296. The minimum absolute atomic E-state index is 0.267. The lowest BCUT2D eigenvalue weighted by Crippen LogP contribution is -2.07. The Labute approximate surface area is 143 Å². The number of halogens is 1. The van der Waals surface area contributed by atoms with Crippen LogP contribution in [0.25, 0.3) is 16.5 Å². The molecule has 4 aromatic rings. The van der Waals surface area contributed by atoms with Crippen LogP contribution in [0.1, 0.15) is 5.82 Å². The molecule has 0 aliphatic heterocycles. The van der Waals surface area contributed by atoms with Crippen LogP contribution in [0, 0.1) is 0 Å². The van der Waals surface area contributed by atoms with Crippen LogP contribution < -0.4 is 4.74 Å². The van der Waals surface area contributed by atoms with Gasteiger partial charge in [-0.05, 0) is 46.1 Å². The second-order valence-corrected chi connectivity index (χ2v) is 5.69. The Balaban J connectivity index is 1.61. The molecule has 0 aliphatic carbocycles. The summed E-state index contributed by atoms with van der Waals surface area (Å²) >= 11 is 5.92. The van der Waals surface area contributed by atoms with E-state index < -0.39 is 0 Å². The fourth-order valence-corrected chi connectivity index (χ4v) is 2.67. The van der Waals surface area contributed by atoms with Gasteiger partial charge in [-0.25, -0.2) is 0 Å². The van der Waals surface area contributed by atoms with Gasteiger partial charge >= 0.3 is 0 Å². The van der Waals surface area contributed by atoms with Gasteiger partial charge < -0.3 is 4.74 Å². The Morgan fingerprint density at radius 2 is 1.71 bits per heavy atom. The number of tetrazole rings is 1. The number of ether oxygens (including phenoxy) is 1. The highest BCUT2D eigenvalue weighted by Crippen LogP contribution is 2.26. The van der Waals surface area contributed by atoms with Gasteiger partial charge in [0.15, 0.2) is 5.82 Å². The average molecular weight is 337 g/mol. The molecule has 0 atom stereocenters. The SMILES string of the molecule is Clc1ccc(-n2nnnc2COc2cccc3ccccc23)cc1. The van der Waals surface area contributed by atoms with Gasteiger partial charge in [-0.1, -0.05) is 48.0 Å². The number of benzene rings is 3. The third-order valence-electron chi connectivity index (χ3n) is 3.71. The van der Waals surface area contributed by atoms with Crippen molar-refractivity contribution >= 4 is 22.4 Å². The zero-order valence-corrected chi connectivity index (χ0v) is 13.4. The van der Waals surface area contributed by atoms with Crippen LogP contribution in [-0.2, 0) is 6.61 Å². The molecule has 24 heavy (non-hydrogen) atoms. The van der Waals surface area contributed by atoms with Gasteiger partial charge in [0, 0.05) is 10.4 Å². The summed E-state index contributed by atoms with van der Waals surface area (Å²) in [5, 5.41) is 14.7. The van der Waals surface area contributed by atoms with Gasteiger partial charge in [-0.15, -0.1) is 5.10 Å². The molecule has 0 N–H and O–H groups in total. The van der Waals surface area contributed by atoms with Crippen LogP contribution in [0.5, 0.6) is 5.75 Å². The minimum Gasteiger partial charge on any atom is -0.485 e. The maximum Gasteiger partial charge on any atom is 0.194 e. The molecule has 1 heterocycles. The molecular formula is C18H13ClN4O. The number of hydrogen-bond acceptors (Lipinski definition) is 4. The van der Waals surface area contributed by atoms with Crippen molar-refractivity contribution in [3.63, 3.8) is 0 Å². The zero-order chi connectivity index (χ0) is 16.4. The molecule has 0 amide bonds. The summed E-state index contributed by atoms with van der Waals surface area (Å²) in [5.74, 6) is 1.42. The number of fused-ring (bicyclic) bond motifs is 1. The van der Waals surface area contributed by atoms with Crippen LogP contribution in [0.2, 0.25) is 5.02 Å². The molecular weight excluding hydrogens is 324 g/mol. The molecule has 5 nitrogen and oxygen atoms in total. The third kappa shape index (κ3) is 2.81. The Morgan fingerprint density at radius 1 is 0.917 bits per heavy atom. The van der Waals surface area contributed by atoms with Crippen molar-refractivity contribution in [2.75, 3.05) is 0 Å². The standard InChI is InChI=1S/C18H13ClN4O/c19-14-8-10-15(11-9-14)23-18(20-21-22-23)12-24-17-7-3-5-13-4-1-2-6-16(13)17/h1-11H,12H2. The summed E-state index contributed by atoms with van der Waals surface area (Å²) in [7, 11) is 0. The van der Waals surface area contributed by atoms with E-state index in [0.717, 1.165) is 22.2 Å². The summed E-state index contributed by atoms with van der Waals surface area (Å²) in [6.45, 7) is 0.267. The Morgan fingerprint density at radius 3 is 2.58 bits per heavy atom. The molecule has 0 spiro atoms. The summed E-state index contributed by atoms with van der Waals surface area (Å²) in [6.07, 6.45) is 0. The van der Waals surface area contributed by atoms with Crippen LogP contribution in [0.15, 0.2) is 66.7 Å². The summed E-state index contributed by atoms with van der Waals surface area (Å²) in [6, 6.07) is 21.4. The molecule has 0 saturated heterocycles. The number of hydrogen-bond donors (Lipinski definition) is 0. The molecule has 0 unspecified atom stereocenters. The normalized spacial score (nSPS) is 10.9. The molecule has 0 saturated carbocycles. The monoisotopic (exact) mass is 336 g/mol. The van der Waals surface area contributed by atoms with Crippen LogP contribution in [0.3, 0.4) is 0 Å². The van der Waals surface area contributed by atoms with Crippen molar-refractivity contribution in [3.8, 4) is 11.4 Å². The first-order chi connectivity index (χ1) is 11.8. The van der Waals surface area contributed by atoms with E-state index in [4.69, 9.17) is 16.3 Å². The minimum atomic E-state index is 0.267. The number of nitrogens with zero attached hydrogens (tertiary/aromatic N) is 4. The van der Waals surface area contributed by atoms with E-state index in [0.29, 0.717) is 10.8 Å². The van der Waals surface area contributed by atoms with Crippen molar-refractivity contribution in [3.05, 3.63) is 77.6 Å². The fraction of sp³-hybridized carbons (Fsp3) is 0.0556. The highest BCUT2D eigenvalue weighted by atomic mass is 35.5. The molecule has 0 bridgehead atoms. The van der Waals surface area contributed by atoms with E-state index in [2.05, 4.69) is 27.7 Å². The first-order valence-corrected chi connectivity index (χ1v) is 7.83. The molecule has 0 aliphatic rings. The molecule has 0 fully saturated rings. The van der Waals surface area contributed by atoms with Crippen molar-refractivity contribution < 1.29 is 4.74 Å². The van der Waals surface area contributed by atoms with E-state index in [1.807, 2.05) is 42.5 Å². The number of rotatable bonds is 4. The van der Waals surface area contributed by atoms with E-state index in [1.165, 1.54) is 0 Å². The summed E-state index contributed by atoms with van der Waals surface area (Å²) in [5.41, 5.74) is 0.834. The average Bonchev–Trinajstić information content (AvgIpc) is 3.09. The van der Waals surface area contributed by atoms with Gasteiger partial charge in [-0.3, -0.25) is 0 Å². The summed E-state index contributed by atoms with van der Waals surface area (Å²) in [4.78, 5) is 0. The van der Waals surface area contributed by atoms with Crippen LogP contribution in [-0.4, -0.2) is 20.2 Å². The topological polar surface area (TPSA) is 52.8 Å². The zero-order valence-electron chi connectivity index (χ0n) is 12.6. The van der Waals surface area contributed by atoms with Crippen molar-refractivity contribution in [2.45, 2.75) is 6.61 Å². The highest BCUT2D eigenvalue weighted by molar-refractivity contribution is 6.30. The van der Waals surface area contributed by atoms with E-state index >= 15 is 0 Å². The van der Waals surface area contributed by atoms with Gasteiger partial charge in [0.05, 0.1) is 5.69 Å². The van der Waals surface area contributed by atoms with Crippen LogP contribution >= 0.6 is 11.6 Å². The smallest absolute Gasteiger partial charge is 0.194 e. The largest absolute Gasteiger partial charge is 0.485 e. The Bertz CT molecular complexity index is 976. The predicted molar refractivity (Wildman–Crippen MR) is 92.4 cm³/mol. The maximum absolute atomic E-state index is 5.96. The quantitative estimate of drug-likeness (QED) is 0.564. The van der Waals surface area contributed by atoms with Crippen molar-refractivity contribution in [2.24, 2.45) is 0 Å². The molecule has 6 heteroatoms. The Hall–Kier alpha value is -2.92. The second-order valence-electron chi connectivity index (χ2n) is 5.25.